The van der Waals surface area contributed by atoms with Gasteiger partial charge in [0.2, 0.25) is 0 Å². The van der Waals surface area contributed by atoms with Gasteiger partial charge in [-0.1, -0.05) is 12.1 Å². The Bertz CT molecular complexity index is 1010. The summed E-state index contributed by atoms with van der Waals surface area (Å²) in [6, 6.07) is 14.4. The van der Waals surface area contributed by atoms with Crippen LogP contribution in [0.5, 0.6) is 0 Å². The molecule has 3 aromatic heterocycles. The molecule has 1 fully saturated rings. The van der Waals surface area contributed by atoms with E-state index in [1.54, 1.807) is 0 Å². The number of aromatic nitrogens is 3. The van der Waals surface area contributed by atoms with Crippen molar-refractivity contribution in [1.29, 1.82) is 0 Å². The Labute approximate surface area is 183 Å². The van der Waals surface area contributed by atoms with Gasteiger partial charge >= 0.3 is 0 Å². The monoisotopic (exact) mass is 420 g/mol. The maximum atomic E-state index is 5.77. The molecule has 0 bridgehead atoms. The highest BCUT2D eigenvalue weighted by molar-refractivity contribution is 7.80. The Hall–Kier alpha value is -2.77. The van der Waals surface area contributed by atoms with E-state index in [-0.39, 0.29) is 12.1 Å². The molecule has 0 unspecified atom stereocenters. The fraction of sp³-hybridized carbons (Fsp3) is 0.348. The first-order valence-corrected chi connectivity index (χ1v) is 10.6. The third kappa shape index (κ3) is 3.82. The first-order chi connectivity index (χ1) is 14.5. The van der Waals surface area contributed by atoms with Crippen LogP contribution in [0.2, 0.25) is 0 Å². The van der Waals surface area contributed by atoms with Crippen LogP contribution in [0, 0.1) is 13.8 Å². The van der Waals surface area contributed by atoms with Gasteiger partial charge in [0.15, 0.2) is 5.11 Å². The smallest absolute Gasteiger partial charge is 0.170 e. The second-order valence-electron chi connectivity index (χ2n) is 7.97. The number of likely N-dealkylation sites (N-methyl/N-ethyl adjacent to an activating group) is 1. The van der Waals surface area contributed by atoms with E-state index in [0.717, 1.165) is 35.4 Å². The Morgan fingerprint density at radius 2 is 1.80 bits per heavy atom. The summed E-state index contributed by atoms with van der Waals surface area (Å²) in [7, 11) is 4.18. The summed E-state index contributed by atoms with van der Waals surface area (Å²) in [4.78, 5) is 13.7. The minimum Gasteiger partial charge on any atom is -0.352 e. The molecule has 4 rings (SSSR count). The second-order valence-corrected chi connectivity index (χ2v) is 8.36. The molecule has 6 nitrogen and oxygen atoms in total. The third-order valence-corrected chi connectivity index (χ3v) is 6.01. The Kier molecular flexibility index (Phi) is 5.83. The highest BCUT2D eigenvalue weighted by Gasteiger charge is 2.41. The van der Waals surface area contributed by atoms with Crippen LogP contribution in [-0.4, -0.2) is 56.6 Å². The van der Waals surface area contributed by atoms with E-state index in [2.05, 4.69) is 69.7 Å². The highest BCUT2D eigenvalue weighted by atomic mass is 32.1. The molecule has 1 saturated heterocycles. The van der Waals surface area contributed by atoms with Gasteiger partial charge < -0.3 is 19.7 Å². The average molecular weight is 421 g/mol. The number of thiocarbonyl (C=S) groups is 1. The lowest BCUT2D eigenvalue weighted by Gasteiger charge is -2.29. The molecule has 0 radical (unpaired) electrons. The molecular weight excluding hydrogens is 392 g/mol. The molecule has 4 heterocycles. The van der Waals surface area contributed by atoms with E-state index in [9.17, 15) is 0 Å². The third-order valence-electron chi connectivity index (χ3n) is 5.65. The van der Waals surface area contributed by atoms with Gasteiger partial charge in [-0.15, -0.1) is 0 Å². The number of hydrogen-bond acceptors (Lipinski definition) is 4. The molecule has 2 atom stereocenters. The normalized spacial score (nSPS) is 18.8. The van der Waals surface area contributed by atoms with Crippen LogP contribution in [0.4, 0.5) is 0 Å². The van der Waals surface area contributed by atoms with Crippen molar-refractivity contribution < 1.29 is 0 Å². The molecule has 3 aromatic rings. The Balaban J connectivity index is 1.80. The predicted molar refractivity (Wildman–Crippen MR) is 124 cm³/mol. The summed E-state index contributed by atoms with van der Waals surface area (Å²) in [6.45, 7) is 6.07. The molecule has 0 amide bonds. The van der Waals surface area contributed by atoms with Crippen molar-refractivity contribution in [2.75, 3.05) is 27.2 Å². The summed E-state index contributed by atoms with van der Waals surface area (Å²) >= 11 is 5.77. The lowest BCUT2D eigenvalue weighted by atomic mass is 9.97. The van der Waals surface area contributed by atoms with Gasteiger partial charge in [-0.2, -0.15) is 0 Å². The first-order valence-electron chi connectivity index (χ1n) is 10.2. The highest BCUT2D eigenvalue weighted by Crippen LogP contribution is 2.41. The summed E-state index contributed by atoms with van der Waals surface area (Å²) < 4.78 is 2.22. The Morgan fingerprint density at radius 3 is 2.43 bits per heavy atom. The molecule has 7 heteroatoms. The van der Waals surface area contributed by atoms with E-state index in [4.69, 9.17) is 12.2 Å². The number of aryl methyl sites for hydroxylation is 1. The first kappa shape index (κ1) is 20.5. The number of pyridine rings is 2. The van der Waals surface area contributed by atoms with Crippen molar-refractivity contribution in [2.24, 2.45) is 0 Å². The fourth-order valence-electron chi connectivity index (χ4n) is 4.22. The van der Waals surface area contributed by atoms with Crippen LogP contribution in [0.15, 0.2) is 54.9 Å². The Morgan fingerprint density at radius 1 is 1.07 bits per heavy atom. The predicted octanol–water partition coefficient (Wildman–Crippen LogP) is 3.42. The van der Waals surface area contributed by atoms with Crippen LogP contribution in [0.3, 0.4) is 0 Å². The molecule has 0 aliphatic carbocycles. The van der Waals surface area contributed by atoms with Crippen LogP contribution >= 0.6 is 12.2 Å². The topological polar surface area (TPSA) is 49.2 Å². The van der Waals surface area contributed by atoms with Crippen molar-refractivity contribution in [3.8, 4) is 5.82 Å². The van der Waals surface area contributed by atoms with Crippen LogP contribution < -0.4 is 5.32 Å². The molecule has 0 saturated carbocycles. The second kappa shape index (κ2) is 8.53. The van der Waals surface area contributed by atoms with Gasteiger partial charge in [-0.25, -0.2) is 4.98 Å². The zero-order valence-electron chi connectivity index (χ0n) is 17.9. The standard InChI is InChI=1S/C23H28N6S/c1-16-15-18(17(2)29(16)20-10-6-8-12-25-20)22-21(19-9-5-7-11-24-19)26-23(30)28(22)14-13-27(3)4/h5-12,15,21-22H,13-14H2,1-4H3,(H,26,30)/t21-,22-/m1/s1. The number of nitrogens with one attached hydrogen (secondary N) is 1. The fourth-order valence-corrected chi connectivity index (χ4v) is 4.55. The van der Waals surface area contributed by atoms with Crippen molar-refractivity contribution >= 4 is 17.3 Å². The van der Waals surface area contributed by atoms with E-state index in [1.165, 1.54) is 11.3 Å². The summed E-state index contributed by atoms with van der Waals surface area (Å²) in [5.41, 5.74) is 4.59. The van der Waals surface area contributed by atoms with E-state index in [0.29, 0.717) is 0 Å². The van der Waals surface area contributed by atoms with Gasteiger partial charge in [-0.3, -0.25) is 4.98 Å². The molecule has 1 aliphatic rings. The maximum Gasteiger partial charge on any atom is 0.170 e. The minimum atomic E-state index is -0.00135. The molecule has 0 spiro atoms. The van der Waals surface area contributed by atoms with Gasteiger partial charge in [0, 0.05) is 36.9 Å². The largest absolute Gasteiger partial charge is 0.352 e. The number of hydrogen-bond donors (Lipinski definition) is 1. The van der Waals surface area contributed by atoms with E-state index in [1.807, 2.05) is 42.7 Å². The quantitative estimate of drug-likeness (QED) is 0.617. The SMILES string of the molecule is Cc1cc([C@@H]2[C@@H](c3ccccn3)NC(=S)N2CCN(C)C)c(C)n1-c1ccccn1. The van der Waals surface area contributed by atoms with Gasteiger partial charge in [0.1, 0.15) is 5.82 Å². The van der Waals surface area contributed by atoms with Gasteiger partial charge in [0.05, 0.1) is 17.8 Å². The zero-order valence-corrected chi connectivity index (χ0v) is 18.7. The molecule has 1 aliphatic heterocycles. The van der Waals surface area contributed by atoms with Crippen molar-refractivity contribution in [1.82, 2.24) is 29.7 Å². The van der Waals surface area contributed by atoms with Crippen LogP contribution in [0.1, 0.15) is 34.7 Å². The summed E-state index contributed by atoms with van der Waals surface area (Å²) in [6.07, 6.45) is 3.68. The van der Waals surface area contributed by atoms with Crippen LogP contribution in [-0.2, 0) is 0 Å². The van der Waals surface area contributed by atoms with Gasteiger partial charge in [-0.05, 0) is 76.1 Å². The van der Waals surface area contributed by atoms with E-state index >= 15 is 0 Å². The maximum absolute atomic E-state index is 5.77. The summed E-state index contributed by atoms with van der Waals surface area (Å²) in [5.74, 6) is 0.932. The number of rotatable bonds is 6. The lowest BCUT2D eigenvalue weighted by Crippen LogP contribution is -2.35. The van der Waals surface area contributed by atoms with Crippen molar-refractivity contribution in [2.45, 2.75) is 25.9 Å². The lowest BCUT2D eigenvalue weighted by molar-refractivity contribution is 0.277. The molecule has 1 N–H and O–H groups in total. The number of nitrogens with zero attached hydrogens (tertiary/aromatic N) is 5. The molecule has 30 heavy (non-hydrogen) atoms. The minimum absolute atomic E-state index is 0.00135. The molecule has 0 aromatic carbocycles. The van der Waals surface area contributed by atoms with Gasteiger partial charge in [0.25, 0.3) is 0 Å². The van der Waals surface area contributed by atoms with Crippen LogP contribution in [0.25, 0.3) is 5.82 Å². The molecule has 156 valence electrons. The molecular formula is C23H28N6S. The van der Waals surface area contributed by atoms with Crippen molar-refractivity contribution in [3.05, 3.63) is 77.5 Å². The summed E-state index contributed by atoms with van der Waals surface area (Å²) in [5, 5.41) is 4.32. The average Bonchev–Trinajstić information content (AvgIpc) is 3.22. The van der Waals surface area contributed by atoms with Crippen molar-refractivity contribution in [3.63, 3.8) is 0 Å². The van der Waals surface area contributed by atoms with E-state index < -0.39 is 0 Å². The zero-order chi connectivity index (χ0) is 21.3.